The van der Waals surface area contributed by atoms with Gasteiger partial charge in [0, 0.05) is 28.1 Å². The number of methoxy groups -OCH3 is 1. The zero-order valence-corrected chi connectivity index (χ0v) is 15.6. The molecule has 0 N–H and O–H groups in total. The van der Waals surface area contributed by atoms with Crippen LogP contribution in [0.1, 0.15) is 11.3 Å². The van der Waals surface area contributed by atoms with Crippen LogP contribution < -0.4 is 4.74 Å². The third-order valence-electron chi connectivity index (χ3n) is 3.90. The van der Waals surface area contributed by atoms with E-state index in [1.54, 1.807) is 0 Å². The van der Waals surface area contributed by atoms with E-state index in [1.165, 1.54) is 36.1 Å². The second kappa shape index (κ2) is 8.12. The molecule has 29 heavy (non-hydrogen) atoms. The average molecular weight is 429 g/mol. The summed E-state index contributed by atoms with van der Waals surface area (Å²) in [6.07, 6.45) is -2.39. The average Bonchev–Trinajstić information content (AvgIpc) is 2.97. The summed E-state index contributed by atoms with van der Waals surface area (Å²) in [6, 6.07) is 7.69. The number of hydrogen-bond acceptors (Lipinski definition) is 4. The molecule has 0 atom stereocenters. The highest BCUT2D eigenvalue weighted by molar-refractivity contribution is 6.30. The Morgan fingerprint density at radius 1 is 1.24 bits per heavy atom. The fourth-order valence-corrected chi connectivity index (χ4v) is 2.81. The molecule has 5 nitrogen and oxygen atoms in total. The van der Waals surface area contributed by atoms with Crippen molar-refractivity contribution < 1.29 is 31.8 Å². The summed E-state index contributed by atoms with van der Waals surface area (Å²) in [7, 11) is 1.20. The topological polar surface area (TPSA) is 53.3 Å². The smallest absolute Gasteiger partial charge is 0.466 e. The standard InChI is InChI=1S/C19H13ClF4N2O3/c1-28-18(27)7-6-16-14-5-4-13(29-19(22,23)24)9-17(14)26(25-16)10-11-2-3-12(20)8-15(11)21/h2-9H,10H2,1H3. The summed E-state index contributed by atoms with van der Waals surface area (Å²) >= 11 is 5.75. The molecular weight excluding hydrogens is 416 g/mol. The Morgan fingerprint density at radius 3 is 2.66 bits per heavy atom. The molecule has 0 fully saturated rings. The number of hydrogen-bond donors (Lipinski definition) is 0. The van der Waals surface area contributed by atoms with E-state index in [4.69, 9.17) is 11.6 Å². The van der Waals surface area contributed by atoms with E-state index >= 15 is 0 Å². The summed E-state index contributed by atoms with van der Waals surface area (Å²) < 4.78 is 61.6. The van der Waals surface area contributed by atoms with Crippen LogP contribution in [0.25, 0.3) is 17.0 Å². The van der Waals surface area contributed by atoms with Crippen molar-refractivity contribution in [2.75, 3.05) is 7.11 Å². The molecule has 0 aliphatic rings. The summed E-state index contributed by atoms with van der Waals surface area (Å²) in [5.74, 6) is -1.67. The quantitative estimate of drug-likeness (QED) is 0.327. The number of carbonyl (C=O) groups excluding carboxylic acids is 1. The van der Waals surface area contributed by atoms with Gasteiger partial charge in [-0.3, -0.25) is 4.68 Å². The second-order valence-electron chi connectivity index (χ2n) is 5.86. The summed E-state index contributed by atoms with van der Waals surface area (Å²) in [6.45, 7) is -0.0823. The van der Waals surface area contributed by atoms with Gasteiger partial charge in [-0.2, -0.15) is 5.10 Å². The molecule has 3 aromatic rings. The molecule has 1 heterocycles. The van der Waals surface area contributed by atoms with E-state index in [2.05, 4.69) is 14.6 Å². The number of rotatable bonds is 5. The number of ether oxygens (including phenoxy) is 2. The van der Waals surface area contributed by atoms with Crippen LogP contribution in [0.15, 0.2) is 42.5 Å². The van der Waals surface area contributed by atoms with Gasteiger partial charge in [-0.25, -0.2) is 9.18 Å². The zero-order valence-electron chi connectivity index (χ0n) is 14.8. The van der Waals surface area contributed by atoms with E-state index in [-0.39, 0.29) is 22.6 Å². The van der Waals surface area contributed by atoms with Gasteiger partial charge in [0.25, 0.3) is 0 Å². The minimum absolute atomic E-state index is 0.0823. The molecular formula is C19H13ClF4N2O3. The lowest BCUT2D eigenvalue weighted by Crippen LogP contribution is -2.17. The number of aromatic nitrogens is 2. The predicted octanol–water partition coefficient (Wildman–Crippen LogP) is 4.96. The fraction of sp³-hybridized carbons (Fsp3) is 0.158. The van der Waals surface area contributed by atoms with E-state index in [0.29, 0.717) is 11.1 Å². The van der Waals surface area contributed by atoms with E-state index in [0.717, 1.165) is 24.3 Å². The van der Waals surface area contributed by atoms with Crippen molar-refractivity contribution in [1.29, 1.82) is 0 Å². The van der Waals surface area contributed by atoms with Gasteiger partial charge >= 0.3 is 12.3 Å². The van der Waals surface area contributed by atoms with E-state index in [1.807, 2.05) is 0 Å². The van der Waals surface area contributed by atoms with Crippen LogP contribution in [0.4, 0.5) is 17.6 Å². The maximum absolute atomic E-state index is 14.2. The first-order valence-corrected chi connectivity index (χ1v) is 8.50. The minimum atomic E-state index is -4.87. The van der Waals surface area contributed by atoms with Crippen LogP contribution in [0.3, 0.4) is 0 Å². The number of fused-ring (bicyclic) bond motifs is 1. The minimum Gasteiger partial charge on any atom is -0.466 e. The third kappa shape index (κ3) is 5.05. The van der Waals surface area contributed by atoms with Crippen LogP contribution in [0.5, 0.6) is 5.75 Å². The molecule has 0 spiro atoms. The van der Waals surface area contributed by atoms with Crippen LogP contribution in [0.2, 0.25) is 5.02 Å². The Morgan fingerprint density at radius 2 is 2.00 bits per heavy atom. The van der Waals surface area contributed by atoms with Gasteiger partial charge in [-0.15, -0.1) is 13.2 Å². The van der Waals surface area contributed by atoms with Crippen LogP contribution >= 0.6 is 11.6 Å². The fourth-order valence-electron chi connectivity index (χ4n) is 2.65. The molecule has 0 radical (unpaired) electrons. The number of nitrogens with zero attached hydrogens (tertiary/aromatic N) is 2. The van der Waals surface area contributed by atoms with Crippen molar-refractivity contribution in [2.24, 2.45) is 0 Å². The molecule has 2 aromatic carbocycles. The maximum Gasteiger partial charge on any atom is 0.573 e. The number of benzene rings is 2. The highest BCUT2D eigenvalue weighted by Crippen LogP contribution is 2.29. The van der Waals surface area contributed by atoms with Crippen molar-refractivity contribution in [2.45, 2.75) is 12.9 Å². The Labute approximate surface area is 167 Å². The van der Waals surface area contributed by atoms with Gasteiger partial charge in [0.05, 0.1) is 24.9 Å². The van der Waals surface area contributed by atoms with Gasteiger partial charge < -0.3 is 9.47 Å². The van der Waals surface area contributed by atoms with Gasteiger partial charge in [0.2, 0.25) is 0 Å². The molecule has 0 saturated carbocycles. The Kier molecular flexibility index (Phi) is 5.78. The van der Waals surface area contributed by atoms with Crippen LogP contribution in [0, 0.1) is 5.82 Å². The normalized spacial score (nSPS) is 11.9. The molecule has 0 aliphatic heterocycles. The summed E-state index contributed by atoms with van der Waals surface area (Å²) in [5, 5.41) is 4.92. The maximum atomic E-state index is 14.2. The van der Waals surface area contributed by atoms with Gasteiger partial charge in [-0.05, 0) is 30.3 Å². The summed E-state index contributed by atoms with van der Waals surface area (Å²) in [4.78, 5) is 11.4. The second-order valence-corrected chi connectivity index (χ2v) is 6.30. The molecule has 0 bridgehead atoms. The molecule has 1 aromatic heterocycles. The first kappa shape index (κ1) is 20.7. The molecule has 0 aliphatic carbocycles. The first-order chi connectivity index (χ1) is 13.7. The molecule has 0 amide bonds. The van der Waals surface area contributed by atoms with E-state index < -0.39 is 23.9 Å². The summed E-state index contributed by atoms with van der Waals surface area (Å²) in [5.41, 5.74) is 0.772. The van der Waals surface area contributed by atoms with E-state index in [9.17, 15) is 22.4 Å². The number of halogens is 5. The van der Waals surface area contributed by atoms with Crippen LogP contribution in [-0.4, -0.2) is 29.2 Å². The molecule has 0 saturated heterocycles. The Balaban J connectivity index is 2.08. The zero-order chi connectivity index (χ0) is 21.2. The number of carbonyl (C=O) groups is 1. The molecule has 152 valence electrons. The van der Waals surface area contributed by atoms with Gasteiger partial charge in [0.1, 0.15) is 11.6 Å². The van der Waals surface area contributed by atoms with Crippen molar-refractivity contribution in [3.8, 4) is 5.75 Å². The van der Waals surface area contributed by atoms with Crippen LogP contribution in [-0.2, 0) is 16.1 Å². The largest absolute Gasteiger partial charge is 0.573 e. The lowest BCUT2D eigenvalue weighted by molar-refractivity contribution is -0.274. The lowest BCUT2D eigenvalue weighted by Gasteiger charge is -2.10. The molecule has 0 unspecified atom stereocenters. The third-order valence-corrected chi connectivity index (χ3v) is 4.13. The lowest BCUT2D eigenvalue weighted by atomic mass is 10.2. The number of esters is 1. The van der Waals surface area contributed by atoms with Crippen molar-refractivity contribution in [3.05, 3.63) is 64.6 Å². The molecule has 3 rings (SSSR count). The van der Waals surface area contributed by atoms with Crippen molar-refractivity contribution in [3.63, 3.8) is 0 Å². The van der Waals surface area contributed by atoms with Gasteiger partial charge in [0.15, 0.2) is 0 Å². The first-order valence-electron chi connectivity index (χ1n) is 8.12. The number of alkyl halides is 3. The van der Waals surface area contributed by atoms with Gasteiger partial charge in [-0.1, -0.05) is 17.7 Å². The molecule has 10 heteroatoms. The van der Waals surface area contributed by atoms with Crippen molar-refractivity contribution in [1.82, 2.24) is 9.78 Å². The highest BCUT2D eigenvalue weighted by Gasteiger charge is 2.31. The SMILES string of the molecule is COC(=O)C=Cc1nn(Cc2ccc(Cl)cc2F)c2cc(OC(F)(F)F)ccc12. The monoisotopic (exact) mass is 428 g/mol. The predicted molar refractivity (Wildman–Crippen MR) is 98.0 cm³/mol. The Bertz CT molecular complexity index is 1090. The highest BCUT2D eigenvalue weighted by atomic mass is 35.5. The van der Waals surface area contributed by atoms with Crippen molar-refractivity contribution >= 4 is 34.5 Å². The Hall–Kier alpha value is -3.07.